The van der Waals surface area contributed by atoms with Gasteiger partial charge in [-0.05, 0) is 42.7 Å². The number of aliphatic hydroxyl groups is 1. The van der Waals surface area contributed by atoms with E-state index in [4.69, 9.17) is 4.98 Å². The van der Waals surface area contributed by atoms with Crippen LogP contribution in [0, 0.1) is 0 Å². The van der Waals surface area contributed by atoms with Crippen LogP contribution in [-0.4, -0.2) is 40.2 Å². The van der Waals surface area contributed by atoms with Crippen molar-refractivity contribution in [3.63, 3.8) is 0 Å². The monoisotopic (exact) mass is 383 g/mol. The van der Waals surface area contributed by atoms with Crippen LogP contribution in [0.2, 0.25) is 0 Å². The molecule has 3 heterocycles. The van der Waals surface area contributed by atoms with Crippen LogP contribution in [0.15, 0.2) is 60.8 Å². The number of aliphatic hydroxyl groups excluding tert-OH is 1. The summed E-state index contributed by atoms with van der Waals surface area (Å²) in [6.45, 7) is 2.62. The maximum absolute atomic E-state index is 9.98. The smallest absolute Gasteiger partial charge is 0.0731 e. The topological polar surface area (TPSA) is 39.6 Å². The number of aromatic nitrogens is 1. The molecule has 0 spiro atoms. The minimum absolute atomic E-state index is 0.201. The van der Waals surface area contributed by atoms with Crippen molar-refractivity contribution in [1.29, 1.82) is 0 Å². The fourth-order valence-electron chi connectivity index (χ4n) is 4.97. The zero-order valence-electron chi connectivity index (χ0n) is 16.4. The Kier molecular flexibility index (Phi) is 3.88. The van der Waals surface area contributed by atoms with E-state index in [-0.39, 0.29) is 6.10 Å². The van der Waals surface area contributed by atoms with E-state index < -0.39 is 0 Å². The summed E-state index contributed by atoms with van der Waals surface area (Å²) in [5.41, 5.74) is 6.28. The number of β-amino-alcohol motifs (C(OH)–C–C–N with tert-alkyl or cyclic N) is 1. The Morgan fingerprint density at radius 1 is 1.00 bits per heavy atom. The lowest BCUT2D eigenvalue weighted by atomic mass is 10.0. The highest BCUT2D eigenvalue weighted by Gasteiger charge is 2.43. The van der Waals surface area contributed by atoms with Gasteiger partial charge >= 0.3 is 0 Å². The molecular weight excluding hydrogens is 358 g/mol. The number of nitrogens with zero attached hydrogens (tertiary/aromatic N) is 3. The van der Waals surface area contributed by atoms with Crippen LogP contribution >= 0.6 is 0 Å². The largest absolute Gasteiger partial charge is 0.391 e. The first-order valence-electron chi connectivity index (χ1n) is 10.6. The first-order valence-corrected chi connectivity index (χ1v) is 10.6. The number of rotatable bonds is 3. The van der Waals surface area contributed by atoms with Crippen molar-refractivity contribution in [1.82, 2.24) is 9.88 Å². The number of para-hydroxylation sites is 1. The van der Waals surface area contributed by atoms with Gasteiger partial charge in [0.05, 0.1) is 11.6 Å². The van der Waals surface area contributed by atoms with Gasteiger partial charge in [0.15, 0.2) is 0 Å². The molecule has 2 aliphatic heterocycles. The average molecular weight is 383 g/mol. The van der Waals surface area contributed by atoms with E-state index in [9.17, 15) is 5.11 Å². The summed E-state index contributed by atoms with van der Waals surface area (Å²) in [7, 11) is 0. The number of benzene rings is 2. The average Bonchev–Trinajstić information content (AvgIpc) is 3.46. The van der Waals surface area contributed by atoms with Crippen LogP contribution < -0.4 is 4.90 Å². The molecule has 0 radical (unpaired) electrons. The molecule has 2 unspecified atom stereocenters. The maximum atomic E-state index is 9.98. The molecule has 0 bridgehead atoms. The number of anilines is 1. The maximum Gasteiger partial charge on any atom is 0.0731 e. The summed E-state index contributed by atoms with van der Waals surface area (Å²) in [4.78, 5) is 9.76. The summed E-state index contributed by atoms with van der Waals surface area (Å²) in [6, 6.07) is 19.8. The van der Waals surface area contributed by atoms with Crippen LogP contribution in [0.25, 0.3) is 17.0 Å². The number of pyridine rings is 1. The molecule has 4 heteroatoms. The Bertz CT molecular complexity index is 1110. The van der Waals surface area contributed by atoms with Gasteiger partial charge in [-0.1, -0.05) is 36.4 Å². The SMILES string of the molecule is O[C@H]1CCN(c2cccc3c2CN(C2CC2c2ccc4ccccc4n2)C=C3)C1. The Morgan fingerprint density at radius 2 is 1.93 bits per heavy atom. The Labute approximate surface area is 171 Å². The van der Waals surface area contributed by atoms with Crippen LogP contribution in [0.1, 0.15) is 35.6 Å². The van der Waals surface area contributed by atoms with E-state index in [2.05, 4.69) is 76.7 Å². The lowest BCUT2D eigenvalue weighted by molar-refractivity contribution is 0.198. The Morgan fingerprint density at radius 3 is 2.83 bits per heavy atom. The van der Waals surface area contributed by atoms with Crippen LogP contribution in [0.3, 0.4) is 0 Å². The molecule has 2 fully saturated rings. The third-order valence-electron chi connectivity index (χ3n) is 6.66. The van der Waals surface area contributed by atoms with Crippen molar-refractivity contribution >= 4 is 22.7 Å². The van der Waals surface area contributed by atoms with E-state index in [1.54, 1.807) is 0 Å². The van der Waals surface area contributed by atoms with Crippen molar-refractivity contribution < 1.29 is 5.11 Å². The predicted molar refractivity (Wildman–Crippen MR) is 117 cm³/mol. The number of hydrogen-bond donors (Lipinski definition) is 1. The van der Waals surface area contributed by atoms with E-state index in [0.717, 1.165) is 38.0 Å². The van der Waals surface area contributed by atoms with Crippen molar-refractivity contribution in [2.24, 2.45) is 0 Å². The second-order valence-electron chi connectivity index (χ2n) is 8.56. The molecule has 29 heavy (non-hydrogen) atoms. The molecule has 1 aliphatic carbocycles. The highest BCUT2D eigenvalue weighted by molar-refractivity contribution is 5.78. The summed E-state index contributed by atoms with van der Waals surface area (Å²) in [5, 5.41) is 11.2. The predicted octanol–water partition coefficient (Wildman–Crippen LogP) is 4.15. The molecule has 3 aliphatic rings. The van der Waals surface area contributed by atoms with Crippen LogP contribution in [0.4, 0.5) is 5.69 Å². The Balaban J connectivity index is 1.24. The lowest BCUT2D eigenvalue weighted by Crippen LogP contribution is -2.27. The molecule has 6 rings (SSSR count). The van der Waals surface area contributed by atoms with Gasteiger partial charge in [-0.15, -0.1) is 0 Å². The van der Waals surface area contributed by atoms with Gasteiger partial charge in [-0.3, -0.25) is 4.98 Å². The molecule has 0 amide bonds. The van der Waals surface area contributed by atoms with E-state index in [1.807, 2.05) is 0 Å². The highest BCUT2D eigenvalue weighted by Crippen LogP contribution is 2.46. The quantitative estimate of drug-likeness (QED) is 0.738. The van der Waals surface area contributed by atoms with Gasteiger partial charge in [0.25, 0.3) is 0 Å². The third kappa shape index (κ3) is 2.99. The first kappa shape index (κ1) is 17.0. The second-order valence-corrected chi connectivity index (χ2v) is 8.56. The normalized spacial score (nSPS) is 25.5. The highest BCUT2D eigenvalue weighted by atomic mass is 16.3. The third-order valence-corrected chi connectivity index (χ3v) is 6.66. The molecule has 146 valence electrons. The lowest BCUT2D eigenvalue weighted by Gasteiger charge is -2.30. The van der Waals surface area contributed by atoms with Gasteiger partial charge in [-0.25, -0.2) is 0 Å². The van der Waals surface area contributed by atoms with Crippen LogP contribution in [0.5, 0.6) is 0 Å². The first-order chi connectivity index (χ1) is 14.3. The molecule has 4 nitrogen and oxygen atoms in total. The molecule has 1 saturated heterocycles. The molecule has 2 aromatic carbocycles. The summed E-state index contributed by atoms with van der Waals surface area (Å²) in [5.74, 6) is 0.506. The number of hydrogen-bond acceptors (Lipinski definition) is 4. The van der Waals surface area contributed by atoms with Gasteiger partial charge in [0, 0.05) is 60.1 Å². The molecule has 3 aromatic rings. The molecular formula is C25H25N3O. The molecule has 1 saturated carbocycles. The summed E-state index contributed by atoms with van der Waals surface area (Å²) >= 11 is 0. The van der Waals surface area contributed by atoms with Gasteiger partial charge in [0.2, 0.25) is 0 Å². The number of fused-ring (bicyclic) bond motifs is 2. The van der Waals surface area contributed by atoms with Crippen LogP contribution in [-0.2, 0) is 6.54 Å². The zero-order valence-corrected chi connectivity index (χ0v) is 16.4. The van der Waals surface area contributed by atoms with Crippen molar-refractivity contribution in [3.05, 3.63) is 77.6 Å². The minimum atomic E-state index is -0.201. The molecule has 3 atom stereocenters. The minimum Gasteiger partial charge on any atom is -0.391 e. The molecule has 1 aromatic heterocycles. The van der Waals surface area contributed by atoms with Crippen molar-refractivity contribution in [3.8, 4) is 0 Å². The summed E-state index contributed by atoms with van der Waals surface area (Å²) < 4.78 is 0. The van der Waals surface area contributed by atoms with Crippen molar-refractivity contribution in [2.75, 3.05) is 18.0 Å². The zero-order chi connectivity index (χ0) is 19.4. The fourth-order valence-corrected chi connectivity index (χ4v) is 4.97. The standard InChI is InChI=1S/C25H25N3O/c29-19-11-13-27(15-19)24-7-3-5-17-10-12-28(16-21(17)24)25-14-20(25)23-9-8-18-4-1-2-6-22(18)26-23/h1-10,12,19-20,25,29H,11,13-16H2/t19-,20?,25?/m0/s1. The Hall–Kier alpha value is -2.85. The van der Waals surface area contributed by atoms with Gasteiger partial charge in [-0.2, -0.15) is 0 Å². The van der Waals surface area contributed by atoms with Gasteiger partial charge < -0.3 is 14.9 Å². The van der Waals surface area contributed by atoms with E-state index in [0.29, 0.717) is 12.0 Å². The van der Waals surface area contributed by atoms with Gasteiger partial charge in [0.1, 0.15) is 0 Å². The van der Waals surface area contributed by atoms with E-state index >= 15 is 0 Å². The fraction of sp³-hybridized carbons (Fsp3) is 0.320. The van der Waals surface area contributed by atoms with E-state index in [1.165, 1.54) is 27.9 Å². The summed E-state index contributed by atoms with van der Waals surface area (Å²) in [6.07, 6.45) is 6.33. The second kappa shape index (κ2) is 6.60. The van der Waals surface area contributed by atoms with Crippen molar-refractivity contribution in [2.45, 2.75) is 37.5 Å². The molecule has 1 N–H and O–H groups in total.